The summed E-state index contributed by atoms with van der Waals surface area (Å²) in [7, 11) is 6.52. The summed E-state index contributed by atoms with van der Waals surface area (Å²) in [6.07, 6.45) is 15.1. The van der Waals surface area contributed by atoms with Gasteiger partial charge in [-0.1, -0.05) is 0 Å². The van der Waals surface area contributed by atoms with Gasteiger partial charge in [0.15, 0.2) is 0 Å². The van der Waals surface area contributed by atoms with E-state index in [1.807, 2.05) is 0 Å². The molecule has 7 saturated heterocycles. The van der Waals surface area contributed by atoms with Crippen LogP contribution < -0.4 is 32.7 Å². The normalized spacial score (nSPS) is 33.8. The van der Waals surface area contributed by atoms with Crippen molar-refractivity contribution in [3.8, 4) is 0 Å². The number of hydrogen-bond acceptors (Lipinski definition) is 14. The lowest BCUT2D eigenvalue weighted by Gasteiger charge is -2.39. The number of aliphatic hydroxyl groups is 1. The van der Waals surface area contributed by atoms with Crippen molar-refractivity contribution in [2.24, 2.45) is 23.3 Å². The van der Waals surface area contributed by atoms with Crippen LogP contribution in [0.15, 0.2) is 24.5 Å². The summed E-state index contributed by atoms with van der Waals surface area (Å²) < 4.78 is 0. The second kappa shape index (κ2) is 18.9. The number of nitrogens with two attached hydrogens (primary N) is 2. The van der Waals surface area contributed by atoms with E-state index in [9.17, 15) is 19.5 Å². The molecule has 17 heteroatoms. The third-order valence-electron chi connectivity index (χ3n) is 17.2. The van der Waals surface area contributed by atoms with E-state index in [0.717, 1.165) is 103 Å². The average molecular weight is 884 g/mol. The molecule has 64 heavy (non-hydrogen) atoms. The van der Waals surface area contributed by atoms with E-state index < -0.39 is 35.3 Å². The molecule has 11 atom stereocenters. The Morgan fingerprint density at radius 1 is 0.719 bits per heavy atom. The van der Waals surface area contributed by atoms with Gasteiger partial charge in [-0.2, -0.15) is 0 Å². The van der Waals surface area contributed by atoms with E-state index in [2.05, 4.69) is 67.1 Å². The Morgan fingerprint density at radius 2 is 1.19 bits per heavy atom. The Balaban J connectivity index is 0.992. The maximum atomic E-state index is 14.8. The van der Waals surface area contributed by atoms with Crippen molar-refractivity contribution in [2.75, 3.05) is 40.8 Å². The zero-order chi connectivity index (χ0) is 44.9. The minimum atomic E-state index is -1.52. The fourth-order valence-corrected chi connectivity index (χ4v) is 13.0. The Bertz CT molecular complexity index is 1960. The first kappa shape index (κ1) is 45.4. The van der Waals surface area contributed by atoms with Gasteiger partial charge in [0, 0.05) is 73.3 Å². The van der Waals surface area contributed by atoms with Crippen molar-refractivity contribution in [2.45, 2.75) is 175 Å². The van der Waals surface area contributed by atoms with Crippen LogP contribution in [-0.4, -0.2) is 153 Å². The maximum absolute atomic E-state index is 14.8. The molecule has 11 unspecified atom stereocenters. The first-order valence-electron chi connectivity index (χ1n) is 24.4. The van der Waals surface area contributed by atoms with Crippen molar-refractivity contribution in [1.82, 2.24) is 55.9 Å². The predicted octanol–water partition coefficient (Wildman–Crippen LogP) is 1.14. The molecule has 2 aromatic heterocycles. The molecule has 0 spiro atoms. The summed E-state index contributed by atoms with van der Waals surface area (Å²) in [5, 5.41) is 25.9. The molecule has 7 fully saturated rings. The highest BCUT2D eigenvalue weighted by molar-refractivity contribution is 5.87. The largest absolute Gasteiger partial charge is 0.385 e. The molecule has 6 bridgehead atoms. The Hall–Kier alpha value is -3.71. The van der Waals surface area contributed by atoms with Gasteiger partial charge in [-0.25, -0.2) is 19.9 Å². The van der Waals surface area contributed by atoms with Crippen LogP contribution in [0.4, 0.5) is 0 Å². The zero-order valence-corrected chi connectivity index (χ0v) is 38.4. The summed E-state index contributed by atoms with van der Waals surface area (Å²) in [5.74, 6) is -2.30. The molecular formula is C47H73N13O4. The van der Waals surface area contributed by atoms with Gasteiger partial charge in [0.05, 0.1) is 23.3 Å². The lowest BCUT2D eigenvalue weighted by Crippen LogP contribution is -2.55. The molecule has 2 aromatic rings. The topological polar surface area (TPSA) is 233 Å². The van der Waals surface area contributed by atoms with Crippen LogP contribution in [0.2, 0.25) is 0 Å². The third kappa shape index (κ3) is 8.94. The van der Waals surface area contributed by atoms with Crippen LogP contribution in [0.25, 0.3) is 0 Å². The van der Waals surface area contributed by atoms with Gasteiger partial charge in [0.2, 0.25) is 17.7 Å². The van der Waals surface area contributed by atoms with E-state index >= 15 is 0 Å². The van der Waals surface area contributed by atoms with E-state index in [0.29, 0.717) is 41.9 Å². The van der Waals surface area contributed by atoms with E-state index in [-0.39, 0.29) is 59.7 Å². The number of fused-ring (bicyclic) bond motifs is 6. The summed E-state index contributed by atoms with van der Waals surface area (Å²) in [4.78, 5) is 69.6. The average Bonchev–Trinajstić information content (AvgIpc) is 3.69. The highest BCUT2D eigenvalue weighted by atomic mass is 16.3. The van der Waals surface area contributed by atoms with Gasteiger partial charge >= 0.3 is 0 Å². The number of carbonyl (C=O) groups excluding carboxylic acids is 3. The van der Waals surface area contributed by atoms with Gasteiger partial charge < -0.3 is 52.5 Å². The number of rotatable bonds is 14. The molecular weight excluding hydrogens is 811 g/mol. The molecule has 9 rings (SSSR count). The third-order valence-corrected chi connectivity index (χ3v) is 17.2. The van der Waals surface area contributed by atoms with Gasteiger partial charge in [0.25, 0.3) is 0 Å². The second-order valence-electron chi connectivity index (χ2n) is 20.9. The number of aliphatic hydroxyl groups excluding tert-OH is 1. The van der Waals surface area contributed by atoms with Crippen LogP contribution in [0.1, 0.15) is 138 Å². The van der Waals surface area contributed by atoms with Crippen molar-refractivity contribution < 1.29 is 19.5 Å². The number of nitrogens with one attached hydrogen (secondary N) is 4. The van der Waals surface area contributed by atoms with Crippen LogP contribution >= 0.6 is 0 Å². The molecule has 7 aliphatic rings. The molecule has 17 nitrogen and oxygen atoms in total. The summed E-state index contributed by atoms with van der Waals surface area (Å²) in [5.41, 5.74) is 12.8. The highest BCUT2D eigenvalue weighted by Crippen LogP contribution is 2.39. The molecule has 7 aliphatic heterocycles. The lowest BCUT2D eigenvalue weighted by atomic mass is 9.78. The number of amides is 3. The first-order valence-corrected chi connectivity index (χ1v) is 24.4. The molecule has 9 heterocycles. The Labute approximate surface area is 378 Å². The van der Waals surface area contributed by atoms with Gasteiger partial charge in [-0.15, -0.1) is 0 Å². The van der Waals surface area contributed by atoms with E-state index in [4.69, 9.17) is 21.4 Å². The maximum Gasteiger partial charge on any atom is 0.235 e. The molecule has 9 N–H and O–H groups in total. The minimum Gasteiger partial charge on any atom is -0.385 e. The Morgan fingerprint density at radius 3 is 1.70 bits per heavy atom. The zero-order valence-electron chi connectivity index (χ0n) is 38.4. The minimum absolute atomic E-state index is 0.0179. The van der Waals surface area contributed by atoms with Gasteiger partial charge in [-0.05, 0) is 149 Å². The first-order chi connectivity index (χ1) is 30.8. The van der Waals surface area contributed by atoms with Crippen molar-refractivity contribution in [3.63, 3.8) is 0 Å². The number of piperidine rings is 4. The van der Waals surface area contributed by atoms with Gasteiger partial charge in [-0.3, -0.25) is 14.4 Å². The Kier molecular flexibility index (Phi) is 13.4. The van der Waals surface area contributed by atoms with Crippen LogP contribution in [-0.2, 0) is 19.8 Å². The highest BCUT2D eigenvalue weighted by Gasteiger charge is 2.46. The molecule has 0 aromatic carbocycles. The second-order valence-corrected chi connectivity index (χ2v) is 20.9. The van der Waals surface area contributed by atoms with Crippen LogP contribution in [0.3, 0.4) is 0 Å². The molecule has 3 amide bonds. The van der Waals surface area contributed by atoms with Crippen molar-refractivity contribution in [3.05, 3.63) is 47.6 Å². The van der Waals surface area contributed by atoms with Gasteiger partial charge in [0.1, 0.15) is 29.1 Å². The molecule has 0 radical (unpaired) electrons. The fraction of sp³-hybridized carbons (Fsp3) is 0.766. The smallest absolute Gasteiger partial charge is 0.235 e. The fourth-order valence-electron chi connectivity index (χ4n) is 13.0. The number of carbonyl (C=O) groups is 3. The van der Waals surface area contributed by atoms with Crippen molar-refractivity contribution in [1.29, 1.82) is 0 Å². The SMILES string of the molecule is CN1C2CCC1CC(NC(=O)C(c1nccc(C(N)C(C(=O)NC3CC4CCC(C3)N4C)C3CCNCC3)n1)C(O)c1ccnc(C(C)(CN)C(=O)NC3CC4CCC(C3)N4C)n1)C2. The summed E-state index contributed by atoms with van der Waals surface area (Å²) in [6, 6.07) is 5.11. The lowest BCUT2D eigenvalue weighted by molar-refractivity contribution is -0.129. The van der Waals surface area contributed by atoms with Crippen LogP contribution in [0.5, 0.6) is 0 Å². The summed E-state index contributed by atoms with van der Waals surface area (Å²) >= 11 is 0. The quantitative estimate of drug-likeness (QED) is 0.141. The molecule has 0 saturated carbocycles. The molecule has 0 aliphatic carbocycles. The number of aromatic nitrogens is 4. The monoisotopic (exact) mass is 884 g/mol. The van der Waals surface area contributed by atoms with E-state index in [1.54, 1.807) is 25.3 Å². The van der Waals surface area contributed by atoms with E-state index in [1.165, 1.54) is 6.20 Å². The molecule has 350 valence electrons. The summed E-state index contributed by atoms with van der Waals surface area (Å²) in [6.45, 7) is 3.27. The standard InChI is InChI=1S/C47H73N13O4/c1-47(25-48,46(64)55-29-23-34-9-10-35(24-29)60(34)4)45-52-18-14-37(57-45)41(61)39(44(63)54-28-21-32-7-8-33(22-28)59(32)3)42-51-17-13-36(56-42)40(49)38(26-11-15-50-16-12-26)43(62)53-27-19-30-5-6-31(20-27)58(30)2/h13-14,17-18,26-35,38-41,50,61H,5-12,15-16,19-25,48-49H2,1-4H3,(H,53,62)(H,54,63)(H,55,64). The number of hydrogen-bond donors (Lipinski definition) is 7. The predicted molar refractivity (Wildman–Crippen MR) is 241 cm³/mol. The van der Waals surface area contributed by atoms with Crippen LogP contribution in [0, 0.1) is 11.8 Å². The van der Waals surface area contributed by atoms with Crippen molar-refractivity contribution >= 4 is 17.7 Å². The number of nitrogens with zero attached hydrogens (tertiary/aromatic N) is 7.